The highest BCUT2D eigenvalue weighted by Crippen LogP contribution is 2.50. The molecular formula is C67H77O26P. The molecule has 0 aromatic heterocycles. The van der Waals surface area contributed by atoms with Crippen LogP contribution in [0.4, 0.5) is 0 Å². The lowest BCUT2D eigenvalue weighted by molar-refractivity contribution is -0.361. The van der Waals surface area contributed by atoms with Crippen LogP contribution in [0.5, 0.6) is 11.5 Å². The summed E-state index contributed by atoms with van der Waals surface area (Å²) in [6, 6.07) is 44.8. The molecule has 3 fully saturated rings. The summed E-state index contributed by atoms with van der Waals surface area (Å²) in [7, 11) is -4.60. The van der Waals surface area contributed by atoms with Gasteiger partial charge in [0.15, 0.2) is 43.1 Å². The molecule has 0 spiro atoms. The Kier molecular flexibility index (Phi) is 27.0. The molecule has 0 bridgehead atoms. The maximum Gasteiger partial charge on any atom is 0.587 e. The van der Waals surface area contributed by atoms with Crippen LogP contribution in [-0.4, -0.2) is 160 Å². The Bertz CT molecular complexity index is 3230. The first kappa shape index (κ1) is 71.7. The third-order valence-corrected chi connectivity index (χ3v) is 15.8. The normalized spacial score (nSPS) is 25.9. The van der Waals surface area contributed by atoms with Gasteiger partial charge in [-0.15, -0.1) is 0 Å². The van der Waals surface area contributed by atoms with Crippen molar-refractivity contribution in [1.82, 2.24) is 0 Å². The molecule has 8 rings (SSSR count). The zero-order valence-electron chi connectivity index (χ0n) is 52.8. The number of hydrogen-bond donors (Lipinski definition) is 0. The van der Waals surface area contributed by atoms with E-state index < -0.39 is 161 Å². The van der Waals surface area contributed by atoms with Crippen LogP contribution in [-0.2, 0) is 134 Å². The molecule has 5 aromatic carbocycles. The van der Waals surface area contributed by atoms with Crippen molar-refractivity contribution in [1.29, 1.82) is 0 Å². The molecule has 5 aromatic rings. The third kappa shape index (κ3) is 21.7. The lowest BCUT2D eigenvalue weighted by Crippen LogP contribution is -2.67. The van der Waals surface area contributed by atoms with Gasteiger partial charge in [0.2, 0.25) is 0 Å². The molecule has 26 nitrogen and oxygen atoms in total. The van der Waals surface area contributed by atoms with Crippen LogP contribution in [0.15, 0.2) is 152 Å². The van der Waals surface area contributed by atoms with Crippen molar-refractivity contribution in [3.05, 3.63) is 168 Å². The first-order valence-electron chi connectivity index (χ1n) is 30.3. The summed E-state index contributed by atoms with van der Waals surface area (Å²) in [4.78, 5) is 89.7. The van der Waals surface area contributed by atoms with Crippen LogP contribution >= 0.6 is 7.82 Å². The quantitative estimate of drug-likeness (QED) is 0.0232. The van der Waals surface area contributed by atoms with Gasteiger partial charge in [0.05, 0.1) is 39.1 Å². The minimum absolute atomic E-state index is 0.0398. The van der Waals surface area contributed by atoms with E-state index in [4.69, 9.17) is 84.6 Å². The van der Waals surface area contributed by atoms with Crippen LogP contribution in [0.3, 0.4) is 0 Å². The Morgan fingerprint density at radius 2 is 0.702 bits per heavy atom. The molecule has 15 atom stereocenters. The molecule has 3 aliphatic heterocycles. The Balaban J connectivity index is 1.16. The highest BCUT2D eigenvalue weighted by Gasteiger charge is 2.58. The van der Waals surface area contributed by atoms with Crippen molar-refractivity contribution in [2.75, 3.05) is 26.4 Å². The average molecular weight is 1330 g/mol. The molecule has 15 unspecified atom stereocenters. The molecule has 0 amide bonds. The van der Waals surface area contributed by atoms with E-state index in [2.05, 4.69) is 0 Å². The van der Waals surface area contributed by atoms with Crippen LogP contribution in [0.2, 0.25) is 0 Å². The van der Waals surface area contributed by atoms with Crippen LogP contribution < -0.4 is 9.05 Å². The van der Waals surface area contributed by atoms with Crippen molar-refractivity contribution < 1.29 is 123 Å². The van der Waals surface area contributed by atoms with Crippen LogP contribution in [0.25, 0.3) is 0 Å². The van der Waals surface area contributed by atoms with E-state index in [1.807, 2.05) is 91.0 Å². The number of benzene rings is 5. The molecule has 0 saturated carbocycles. The zero-order valence-corrected chi connectivity index (χ0v) is 53.7. The summed E-state index contributed by atoms with van der Waals surface area (Å²) in [5, 5.41) is 0. The maximum absolute atomic E-state index is 15.1. The number of para-hydroxylation sites is 2. The van der Waals surface area contributed by atoms with E-state index in [1.165, 1.54) is 0 Å². The van der Waals surface area contributed by atoms with Crippen molar-refractivity contribution in [2.45, 2.75) is 167 Å². The van der Waals surface area contributed by atoms with Gasteiger partial charge in [0.25, 0.3) is 0 Å². The van der Waals surface area contributed by atoms with Crippen molar-refractivity contribution in [2.24, 2.45) is 0 Å². The number of ether oxygens (including phenoxy) is 15. The van der Waals surface area contributed by atoms with E-state index in [0.717, 1.165) is 65.2 Å². The van der Waals surface area contributed by atoms with Gasteiger partial charge in [-0.05, 0) is 47.4 Å². The SMILES string of the molecule is CC(=O)OCC1OC(OC2C(COC(C)=O)OC(OCCC3OC(COP(=O)(Oc4ccccc4)Oc4ccccc4)C(OCc4ccccc4)C(OCc4ccccc4)C3OCc3ccccc3)C(OC(C)=O)C2OC(C)=O)C(OC(C)=O)C(OC(C)=O)C1OC(C)=O. The number of phosphoric acid groups is 1. The van der Waals surface area contributed by atoms with E-state index in [-0.39, 0.29) is 44.3 Å². The van der Waals surface area contributed by atoms with Crippen LogP contribution in [0.1, 0.15) is 71.6 Å². The second-order valence-electron chi connectivity index (χ2n) is 21.9. The fourth-order valence-electron chi connectivity index (χ4n) is 10.6. The summed E-state index contributed by atoms with van der Waals surface area (Å²) >= 11 is 0. The molecular weight excluding hydrogens is 1250 g/mol. The Morgan fingerprint density at radius 1 is 0.351 bits per heavy atom. The Hall–Kier alpha value is -8.14. The van der Waals surface area contributed by atoms with Gasteiger partial charge in [-0.25, -0.2) is 4.57 Å². The fourth-order valence-corrected chi connectivity index (χ4v) is 11.8. The number of carbonyl (C=O) groups excluding carboxylic acids is 7. The largest absolute Gasteiger partial charge is 0.587 e. The molecule has 94 heavy (non-hydrogen) atoms. The van der Waals surface area contributed by atoms with Gasteiger partial charge in [0.1, 0.15) is 67.4 Å². The van der Waals surface area contributed by atoms with E-state index in [0.29, 0.717) is 0 Å². The van der Waals surface area contributed by atoms with E-state index in [9.17, 15) is 33.6 Å². The minimum atomic E-state index is -4.60. The van der Waals surface area contributed by atoms with Gasteiger partial charge in [-0.1, -0.05) is 127 Å². The number of rotatable bonds is 31. The van der Waals surface area contributed by atoms with Gasteiger partial charge in [-0.2, -0.15) is 0 Å². The van der Waals surface area contributed by atoms with Crippen molar-refractivity contribution in [3.63, 3.8) is 0 Å². The second-order valence-corrected chi connectivity index (χ2v) is 23.4. The van der Waals surface area contributed by atoms with Crippen molar-refractivity contribution in [3.8, 4) is 11.5 Å². The number of esters is 7. The van der Waals surface area contributed by atoms with Gasteiger partial charge >= 0.3 is 49.6 Å². The first-order chi connectivity index (χ1) is 45.2. The number of phosphoric ester groups is 1. The van der Waals surface area contributed by atoms with Crippen LogP contribution in [0, 0.1) is 0 Å². The third-order valence-electron chi connectivity index (χ3n) is 14.5. The summed E-state index contributed by atoms with van der Waals surface area (Å²) in [6.07, 6.45) is -22.5. The van der Waals surface area contributed by atoms with Crippen molar-refractivity contribution >= 4 is 49.6 Å². The molecule has 0 radical (unpaired) electrons. The molecule has 3 aliphatic rings. The predicted octanol–water partition coefficient (Wildman–Crippen LogP) is 7.82. The van der Waals surface area contributed by atoms with E-state index >= 15 is 4.57 Å². The number of hydrogen-bond acceptors (Lipinski definition) is 26. The smallest absolute Gasteiger partial charge is 0.463 e. The molecule has 3 saturated heterocycles. The minimum Gasteiger partial charge on any atom is -0.463 e. The van der Waals surface area contributed by atoms with Gasteiger partial charge < -0.3 is 80.1 Å². The summed E-state index contributed by atoms with van der Waals surface area (Å²) in [5.74, 6) is -5.93. The fraction of sp³-hybridized carbons (Fsp3) is 0.448. The zero-order chi connectivity index (χ0) is 67.2. The second kappa shape index (κ2) is 35.4. The van der Waals surface area contributed by atoms with Gasteiger partial charge in [0, 0.05) is 48.5 Å². The topological polar surface area (TPSA) is 303 Å². The summed E-state index contributed by atoms with van der Waals surface area (Å²) in [6.45, 7) is 5.38. The lowest BCUT2D eigenvalue weighted by Gasteiger charge is -2.49. The predicted molar refractivity (Wildman–Crippen MR) is 325 cm³/mol. The Morgan fingerprint density at radius 3 is 1.14 bits per heavy atom. The summed E-state index contributed by atoms with van der Waals surface area (Å²) < 4.78 is 127. The maximum atomic E-state index is 15.1. The molecule has 506 valence electrons. The highest BCUT2D eigenvalue weighted by molar-refractivity contribution is 7.49. The standard InChI is InChI=1S/C67H77O26P/c1-41(68)77-38-54-59(83-43(3)70)62(84-44(4)71)65(87-47(7)74)67(90-54)91-60-55(39-78-42(2)69)89-66(64(86-46(6)73)63(60)85-45(5)72)76-34-33-53-57(79-35-48-23-13-8-14-24-48)61(81-37-50-27-17-10-18-28-50)58(80-36-49-25-15-9-16-26-49)56(88-53)40-82-94(75,92-51-29-19-11-20-30-51)93-52-31-21-12-22-32-52/h8-32,53-67H,33-40H2,1-7H3. The lowest BCUT2D eigenvalue weighted by atomic mass is 9.92. The average Bonchev–Trinajstić information content (AvgIpc) is 0.777. The number of carbonyl (C=O) groups is 7. The Labute approximate surface area is 543 Å². The monoisotopic (exact) mass is 1330 g/mol. The molecule has 0 aliphatic carbocycles. The van der Waals surface area contributed by atoms with E-state index in [1.54, 1.807) is 60.7 Å². The van der Waals surface area contributed by atoms with Gasteiger partial charge in [-0.3, -0.25) is 38.1 Å². The molecule has 27 heteroatoms. The molecule has 3 heterocycles. The highest BCUT2D eigenvalue weighted by atomic mass is 31.2. The first-order valence-corrected chi connectivity index (χ1v) is 31.7. The summed E-state index contributed by atoms with van der Waals surface area (Å²) in [5.41, 5.74) is 2.39. The molecule has 0 N–H and O–H groups in total.